The zero-order chi connectivity index (χ0) is 18.1. The topological polar surface area (TPSA) is 77.0 Å². The number of para-hydroxylation sites is 1. The van der Waals surface area contributed by atoms with E-state index in [1.54, 1.807) is 25.1 Å². The van der Waals surface area contributed by atoms with Crippen LogP contribution in [0.4, 0.5) is 0 Å². The minimum absolute atomic E-state index is 0.252. The van der Waals surface area contributed by atoms with Crippen molar-refractivity contribution < 1.29 is 9.53 Å². The molecule has 4 aromatic rings. The first-order valence-corrected chi connectivity index (χ1v) is 8.92. The van der Waals surface area contributed by atoms with Crippen molar-refractivity contribution in [2.24, 2.45) is 0 Å². The summed E-state index contributed by atoms with van der Waals surface area (Å²) in [6.07, 6.45) is 3.05. The molecule has 4 rings (SSSR count). The predicted molar refractivity (Wildman–Crippen MR) is 99.8 cm³/mol. The molecular formula is C19H15N3O3S. The quantitative estimate of drug-likeness (QED) is 0.560. The Balaban J connectivity index is 1.61. The minimum Gasteiger partial charge on any atom is -0.450 e. The lowest BCUT2D eigenvalue weighted by Crippen LogP contribution is -2.17. The average molecular weight is 365 g/mol. The Morgan fingerprint density at radius 1 is 1.19 bits per heavy atom. The number of ether oxygens (including phenoxy) is 1. The number of nitrogens with zero attached hydrogens (tertiary/aromatic N) is 2. The number of esters is 1. The molecule has 130 valence electrons. The van der Waals surface area contributed by atoms with Crippen molar-refractivity contribution in [3.63, 3.8) is 0 Å². The minimum atomic E-state index is -0.681. The summed E-state index contributed by atoms with van der Waals surface area (Å²) in [7, 11) is 0. The van der Waals surface area contributed by atoms with Crippen LogP contribution < -0.4 is 5.56 Å². The summed E-state index contributed by atoms with van der Waals surface area (Å²) in [6.45, 7) is 1.69. The Hall–Kier alpha value is -3.19. The molecule has 6 nitrogen and oxygen atoms in total. The third kappa shape index (κ3) is 2.93. The summed E-state index contributed by atoms with van der Waals surface area (Å²) in [5.74, 6) is -0.131. The largest absolute Gasteiger partial charge is 0.450 e. The van der Waals surface area contributed by atoms with E-state index in [-0.39, 0.29) is 5.56 Å². The molecule has 0 aliphatic rings. The summed E-state index contributed by atoms with van der Waals surface area (Å²) in [6, 6.07) is 12.7. The van der Waals surface area contributed by atoms with Crippen molar-refractivity contribution in [1.82, 2.24) is 14.5 Å². The summed E-state index contributed by atoms with van der Waals surface area (Å²) in [5.41, 5.74) is 1.08. The molecule has 26 heavy (non-hydrogen) atoms. The standard InChI is InChI=1S/C19H15N3O3S/c1-12(17-20-14-7-3-2-6-13(14)18(23)21-17)25-19(24)16-15(8-11-26-16)22-9-4-5-10-22/h2-12H,1H3,(H,20,21,23). The maximum atomic E-state index is 12.6. The summed E-state index contributed by atoms with van der Waals surface area (Å²) >= 11 is 1.31. The number of hydrogen-bond acceptors (Lipinski definition) is 5. The maximum Gasteiger partial charge on any atom is 0.351 e. The highest BCUT2D eigenvalue weighted by Crippen LogP contribution is 2.25. The number of fused-ring (bicyclic) bond motifs is 1. The summed E-state index contributed by atoms with van der Waals surface area (Å²) < 4.78 is 7.40. The van der Waals surface area contributed by atoms with Crippen LogP contribution in [0, 0.1) is 0 Å². The summed E-state index contributed by atoms with van der Waals surface area (Å²) in [4.78, 5) is 32.4. The van der Waals surface area contributed by atoms with Crippen LogP contribution in [0.2, 0.25) is 0 Å². The van der Waals surface area contributed by atoms with Crippen molar-refractivity contribution >= 4 is 28.2 Å². The molecule has 3 aromatic heterocycles. The van der Waals surface area contributed by atoms with E-state index in [1.807, 2.05) is 46.6 Å². The van der Waals surface area contributed by atoms with Gasteiger partial charge in [0.1, 0.15) is 4.88 Å². The number of thiophene rings is 1. The molecule has 0 saturated carbocycles. The zero-order valence-electron chi connectivity index (χ0n) is 13.9. The Morgan fingerprint density at radius 3 is 2.77 bits per heavy atom. The molecule has 0 aliphatic heterocycles. The van der Waals surface area contributed by atoms with E-state index in [1.165, 1.54) is 11.3 Å². The zero-order valence-corrected chi connectivity index (χ0v) is 14.7. The van der Waals surface area contributed by atoms with Gasteiger partial charge < -0.3 is 14.3 Å². The first-order chi connectivity index (χ1) is 12.6. The Labute approximate surface area is 152 Å². The highest BCUT2D eigenvalue weighted by Gasteiger charge is 2.21. The second-order valence-electron chi connectivity index (χ2n) is 5.74. The van der Waals surface area contributed by atoms with E-state index in [0.29, 0.717) is 21.6 Å². The third-order valence-corrected chi connectivity index (χ3v) is 4.90. The van der Waals surface area contributed by atoms with Gasteiger partial charge in [0.15, 0.2) is 11.9 Å². The molecule has 0 bridgehead atoms. The Bertz CT molecular complexity index is 1130. The molecule has 0 aliphatic carbocycles. The molecule has 0 spiro atoms. The number of carbonyl (C=O) groups excluding carboxylic acids is 1. The van der Waals surface area contributed by atoms with E-state index in [2.05, 4.69) is 9.97 Å². The van der Waals surface area contributed by atoms with Gasteiger partial charge in [-0.1, -0.05) is 12.1 Å². The van der Waals surface area contributed by atoms with Gasteiger partial charge in [-0.25, -0.2) is 9.78 Å². The van der Waals surface area contributed by atoms with Gasteiger partial charge in [0.05, 0.1) is 16.6 Å². The van der Waals surface area contributed by atoms with Crippen LogP contribution in [0.5, 0.6) is 0 Å². The van der Waals surface area contributed by atoms with Gasteiger partial charge in [-0.2, -0.15) is 0 Å². The fraction of sp³-hybridized carbons (Fsp3) is 0.105. The SMILES string of the molecule is CC(OC(=O)c1sccc1-n1cccc1)c1nc2ccccc2c(=O)[nH]1. The predicted octanol–water partition coefficient (Wildman–Crippen LogP) is 3.69. The van der Waals surface area contributed by atoms with Gasteiger partial charge >= 0.3 is 5.97 Å². The van der Waals surface area contributed by atoms with E-state index in [9.17, 15) is 9.59 Å². The van der Waals surface area contributed by atoms with Crippen molar-refractivity contribution in [1.29, 1.82) is 0 Å². The van der Waals surface area contributed by atoms with E-state index >= 15 is 0 Å². The van der Waals surface area contributed by atoms with Gasteiger partial charge in [-0.15, -0.1) is 11.3 Å². The molecule has 1 aromatic carbocycles. The smallest absolute Gasteiger partial charge is 0.351 e. The number of carbonyl (C=O) groups is 1. The first-order valence-electron chi connectivity index (χ1n) is 8.04. The van der Waals surface area contributed by atoms with Crippen molar-refractivity contribution in [3.8, 4) is 5.69 Å². The number of hydrogen-bond donors (Lipinski definition) is 1. The van der Waals surface area contributed by atoms with E-state index in [4.69, 9.17) is 4.74 Å². The number of nitrogens with one attached hydrogen (secondary N) is 1. The van der Waals surface area contributed by atoms with Gasteiger partial charge in [-0.05, 0) is 42.6 Å². The van der Waals surface area contributed by atoms with Gasteiger partial charge in [0, 0.05) is 12.4 Å². The number of rotatable bonds is 4. The van der Waals surface area contributed by atoms with Crippen molar-refractivity contribution in [2.45, 2.75) is 13.0 Å². The number of H-pyrrole nitrogens is 1. The molecule has 0 fully saturated rings. The number of aromatic amines is 1. The van der Waals surface area contributed by atoms with Gasteiger partial charge in [0.2, 0.25) is 0 Å². The highest BCUT2D eigenvalue weighted by atomic mass is 32.1. The van der Waals surface area contributed by atoms with Crippen LogP contribution in [0.1, 0.15) is 28.5 Å². The molecule has 3 heterocycles. The van der Waals surface area contributed by atoms with Crippen molar-refractivity contribution in [2.75, 3.05) is 0 Å². The van der Waals surface area contributed by atoms with Crippen LogP contribution in [0.15, 0.2) is 65.0 Å². The lowest BCUT2D eigenvalue weighted by Gasteiger charge is -2.13. The van der Waals surface area contributed by atoms with E-state index in [0.717, 1.165) is 5.69 Å². The molecule has 0 saturated heterocycles. The normalized spacial score (nSPS) is 12.2. The fourth-order valence-corrected chi connectivity index (χ4v) is 3.49. The first kappa shape index (κ1) is 16.3. The van der Waals surface area contributed by atoms with Crippen LogP contribution in [-0.4, -0.2) is 20.5 Å². The third-order valence-electron chi connectivity index (χ3n) is 4.01. The molecule has 1 unspecified atom stereocenters. The molecular weight excluding hydrogens is 350 g/mol. The number of benzene rings is 1. The highest BCUT2D eigenvalue weighted by molar-refractivity contribution is 7.12. The van der Waals surface area contributed by atoms with Gasteiger partial charge in [0.25, 0.3) is 5.56 Å². The molecule has 0 radical (unpaired) electrons. The van der Waals surface area contributed by atoms with Crippen LogP contribution in [0.3, 0.4) is 0 Å². The second kappa shape index (κ2) is 6.61. The molecule has 0 amide bonds. The average Bonchev–Trinajstić information content (AvgIpc) is 3.32. The lowest BCUT2D eigenvalue weighted by molar-refractivity contribution is 0.0326. The van der Waals surface area contributed by atoms with Crippen molar-refractivity contribution in [3.05, 3.63) is 81.3 Å². The maximum absolute atomic E-state index is 12.6. The van der Waals surface area contributed by atoms with Crippen LogP contribution in [0.25, 0.3) is 16.6 Å². The molecule has 7 heteroatoms. The fourth-order valence-electron chi connectivity index (χ4n) is 2.72. The van der Waals surface area contributed by atoms with Crippen LogP contribution in [-0.2, 0) is 4.74 Å². The number of aromatic nitrogens is 3. The van der Waals surface area contributed by atoms with E-state index < -0.39 is 12.1 Å². The van der Waals surface area contributed by atoms with Gasteiger partial charge in [-0.3, -0.25) is 4.79 Å². The lowest BCUT2D eigenvalue weighted by atomic mass is 10.2. The molecule has 1 atom stereocenters. The summed E-state index contributed by atoms with van der Waals surface area (Å²) in [5, 5.41) is 2.34. The monoisotopic (exact) mass is 365 g/mol. The molecule has 1 N–H and O–H groups in total. The van der Waals surface area contributed by atoms with Crippen LogP contribution >= 0.6 is 11.3 Å². The Kier molecular flexibility index (Phi) is 4.14. The Morgan fingerprint density at radius 2 is 1.96 bits per heavy atom. The second-order valence-corrected chi connectivity index (χ2v) is 6.66.